The van der Waals surface area contributed by atoms with Crippen LogP contribution in [0.15, 0.2) is 0 Å². The molecule has 0 aromatic carbocycles. The van der Waals surface area contributed by atoms with Crippen molar-refractivity contribution in [2.75, 3.05) is 20.1 Å². The fourth-order valence-corrected chi connectivity index (χ4v) is 2.11. The maximum absolute atomic E-state index is 3.48. The summed E-state index contributed by atoms with van der Waals surface area (Å²) in [5.41, 5.74) is 0.381. The number of hydrogen-bond donors (Lipinski definition) is 1. The van der Waals surface area contributed by atoms with Gasteiger partial charge in [0.25, 0.3) is 0 Å². The normalized spacial score (nSPS) is 26.6. The van der Waals surface area contributed by atoms with Crippen molar-refractivity contribution >= 4 is 0 Å². The smallest absolute Gasteiger partial charge is 0.0221 e. The van der Waals surface area contributed by atoms with Gasteiger partial charge in [-0.1, -0.05) is 20.8 Å². The van der Waals surface area contributed by atoms with Crippen molar-refractivity contribution in [3.63, 3.8) is 0 Å². The molecule has 1 aliphatic heterocycles. The SMILES string of the molecule is CC(N(C)C1CCCNC1)C(C)(C)C. The van der Waals surface area contributed by atoms with Gasteiger partial charge in [0.1, 0.15) is 0 Å². The van der Waals surface area contributed by atoms with Crippen molar-refractivity contribution in [1.29, 1.82) is 0 Å². The summed E-state index contributed by atoms with van der Waals surface area (Å²) in [4.78, 5) is 2.55. The van der Waals surface area contributed by atoms with Gasteiger partial charge in [-0.15, -0.1) is 0 Å². The zero-order chi connectivity index (χ0) is 10.8. The minimum absolute atomic E-state index is 0.381. The molecule has 1 N–H and O–H groups in total. The van der Waals surface area contributed by atoms with Gasteiger partial charge in [-0.25, -0.2) is 0 Å². The standard InChI is InChI=1S/C12H26N2/c1-10(12(2,3)4)14(5)11-7-6-8-13-9-11/h10-11,13H,6-9H2,1-5H3. The molecule has 84 valence electrons. The van der Waals surface area contributed by atoms with Gasteiger partial charge in [-0.3, -0.25) is 4.90 Å². The number of rotatable bonds is 2. The van der Waals surface area contributed by atoms with Crippen LogP contribution in [0.25, 0.3) is 0 Å². The molecule has 1 aliphatic rings. The molecular formula is C12H26N2. The molecule has 0 aromatic rings. The molecule has 0 aromatic heterocycles. The van der Waals surface area contributed by atoms with Crippen molar-refractivity contribution in [2.24, 2.45) is 5.41 Å². The molecule has 1 rings (SSSR count). The minimum atomic E-state index is 0.381. The zero-order valence-corrected chi connectivity index (χ0v) is 10.4. The molecule has 1 fully saturated rings. The van der Waals surface area contributed by atoms with Crippen LogP contribution in [-0.4, -0.2) is 37.1 Å². The summed E-state index contributed by atoms with van der Waals surface area (Å²) in [6.45, 7) is 11.7. The van der Waals surface area contributed by atoms with E-state index in [1.54, 1.807) is 0 Å². The van der Waals surface area contributed by atoms with Gasteiger partial charge in [0.05, 0.1) is 0 Å². The van der Waals surface area contributed by atoms with E-state index in [-0.39, 0.29) is 0 Å². The van der Waals surface area contributed by atoms with Gasteiger partial charge < -0.3 is 5.32 Å². The Bertz CT molecular complexity index is 166. The van der Waals surface area contributed by atoms with E-state index < -0.39 is 0 Å². The molecule has 2 atom stereocenters. The van der Waals surface area contributed by atoms with Crippen molar-refractivity contribution < 1.29 is 0 Å². The predicted molar refractivity (Wildman–Crippen MR) is 62.6 cm³/mol. The van der Waals surface area contributed by atoms with E-state index in [9.17, 15) is 0 Å². The average Bonchev–Trinajstić information content (AvgIpc) is 2.15. The Morgan fingerprint density at radius 1 is 1.36 bits per heavy atom. The molecule has 1 heterocycles. The highest BCUT2D eigenvalue weighted by Crippen LogP contribution is 2.25. The second kappa shape index (κ2) is 4.63. The third-order valence-electron chi connectivity index (χ3n) is 3.71. The van der Waals surface area contributed by atoms with E-state index in [1.165, 1.54) is 19.4 Å². The second-order valence-corrected chi connectivity index (χ2v) is 5.71. The largest absolute Gasteiger partial charge is 0.315 e. The zero-order valence-electron chi connectivity index (χ0n) is 10.4. The molecule has 0 saturated carbocycles. The Labute approximate surface area is 89.1 Å². The molecule has 0 spiro atoms. The Balaban J connectivity index is 2.50. The summed E-state index contributed by atoms with van der Waals surface area (Å²) in [5.74, 6) is 0. The molecule has 0 radical (unpaired) electrons. The first-order valence-corrected chi connectivity index (χ1v) is 5.85. The molecule has 2 unspecified atom stereocenters. The molecule has 0 aliphatic carbocycles. The summed E-state index contributed by atoms with van der Waals surface area (Å²) in [7, 11) is 2.27. The van der Waals surface area contributed by atoms with Crippen LogP contribution in [0.3, 0.4) is 0 Å². The lowest BCUT2D eigenvalue weighted by atomic mass is 9.86. The highest BCUT2D eigenvalue weighted by molar-refractivity contribution is 4.84. The first-order valence-electron chi connectivity index (χ1n) is 5.85. The number of nitrogens with zero attached hydrogens (tertiary/aromatic N) is 1. The first-order chi connectivity index (χ1) is 6.43. The van der Waals surface area contributed by atoms with Crippen LogP contribution in [0.5, 0.6) is 0 Å². The monoisotopic (exact) mass is 198 g/mol. The molecule has 1 saturated heterocycles. The van der Waals surface area contributed by atoms with Crippen molar-refractivity contribution in [3.8, 4) is 0 Å². The summed E-state index contributed by atoms with van der Waals surface area (Å²) in [5, 5.41) is 3.48. The number of hydrogen-bond acceptors (Lipinski definition) is 2. The van der Waals surface area contributed by atoms with Gasteiger partial charge in [0, 0.05) is 18.6 Å². The summed E-state index contributed by atoms with van der Waals surface area (Å²) >= 11 is 0. The van der Waals surface area contributed by atoms with Crippen molar-refractivity contribution in [2.45, 2.75) is 52.6 Å². The summed E-state index contributed by atoms with van der Waals surface area (Å²) in [6.07, 6.45) is 2.68. The van der Waals surface area contributed by atoms with Crippen LogP contribution in [0.1, 0.15) is 40.5 Å². The fourth-order valence-electron chi connectivity index (χ4n) is 2.11. The van der Waals surface area contributed by atoms with Gasteiger partial charge in [0.15, 0.2) is 0 Å². The van der Waals surface area contributed by atoms with Gasteiger partial charge >= 0.3 is 0 Å². The second-order valence-electron chi connectivity index (χ2n) is 5.71. The first kappa shape index (κ1) is 12.0. The van der Waals surface area contributed by atoms with E-state index in [4.69, 9.17) is 0 Å². The summed E-state index contributed by atoms with van der Waals surface area (Å²) in [6, 6.07) is 1.38. The Morgan fingerprint density at radius 3 is 2.43 bits per heavy atom. The predicted octanol–water partition coefficient (Wildman–Crippen LogP) is 2.10. The highest BCUT2D eigenvalue weighted by atomic mass is 15.2. The Hall–Kier alpha value is -0.0800. The lowest BCUT2D eigenvalue weighted by molar-refractivity contribution is 0.0840. The van der Waals surface area contributed by atoms with Gasteiger partial charge in [0.2, 0.25) is 0 Å². The number of nitrogens with one attached hydrogen (secondary N) is 1. The minimum Gasteiger partial charge on any atom is -0.315 e. The maximum atomic E-state index is 3.48. The maximum Gasteiger partial charge on any atom is 0.0221 e. The lowest BCUT2D eigenvalue weighted by Crippen LogP contribution is -2.51. The Kier molecular flexibility index (Phi) is 3.96. The van der Waals surface area contributed by atoms with Crippen molar-refractivity contribution in [3.05, 3.63) is 0 Å². The van der Waals surface area contributed by atoms with E-state index in [2.05, 4.69) is 45.0 Å². The molecule has 0 amide bonds. The average molecular weight is 198 g/mol. The van der Waals surface area contributed by atoms with Crippen LogP contribution in [0.2, 0.25) is 0 Å². The fraction of sp³-hybridized carbons (Fsp3) is 1.00. The quantitative estimate of drug-likeness (QED) is 0.731. The topological polar surface area (TPSA) is 15.3 Å². The van der Waals surface area contributed by atoms with Crippen LogP contribution >= 0.6 is 0 Å². The lowest BCUT2D eigenvalue weighted by Gasteiger charge is -2.41. The van der Waals surface area contributed by atoms with Crippen LogP contribution in [-0.2, 0) is 0 Å². The molecule has 2 nitrogen and oxygen atoms in total. The van der Waals surface area contributed by atoms with Crippen LogP contribution in [0.4, 0.5) is 0 Å². The molecule has 0 bridgehead atoms. The molecule has 2 heteroatoms. The molecular weight excluding hydrogens is 172 g/mol. The highest BCUT2D eigenvalue weighted by Gasteiger charge is 2.28. The van der Waals surface area contributed by atoms with E-state index >= 15 is 0 Å². The van der Waals surface area contributed by atoms with Crippen LogP contribution < -0.4 is 5.32 Å². The van der Waals surface area contributed by atoms with E-state index in [0.29, 0.717) is 11.5 Å². The number of piperidine rings is 1. The number of likely N-dealkylation sites (N-methyl/N-ethyl adjacent to an activating group) is 1. The van der Waals surface area contributed by atoms with Gasteiger partial charge in [-0.2, -0.15) is 0 Å². The van der Waals surface area contributed by atoms with E-state index in [0.717, 1.165) is 12.6 Å². The summed E-state index contributed by atoms with van der Waals surface area (Å²) < 4.78 is 0. The molecule has 14 heavy (non-hydrogen) atoms. The van der Waals surface area contributed by atoms with E-state index in [1.807, 2.05) is 0 Å². The van der Waals surface area contributed by atoms with Crippen molar-refractivity contribution in [1.82, 2.24) is 10.2 Å². The Morgan fingerprint density at radius 2 is 2.00 bits per heavy atom. The van der Waals surface area contributed by atoms with Gasteiger partial charge in [-0.05, 0) is 38.8 Å². The third-order valence-corrected chi connectivity index (χ3v) is 3.71. The third kappa shape index (κ3) is 2.96. The van der Waals surface area contributed by atoms with Crippen LogP contribution in [0, 0.1) is 5.41 Å².